The highest BCUT2D eigenvalue weighted by Crippen LogP contribution is 2.22. The molecule has 0 atom stereocenters. The Morgan fingerprint density at radius 2 is 1.85 bits per heavy atom. The Hall–Kier alpha value is -1.84. The van der Waals surface area contributed by atoms with Crippen LogP contribution in [-0.4, -0.2) is 47.8 Å². The van der Waals surface area contributed by atoms with Gasteiger partial charge in [-0.1, -0.05) is 18.6 Å². The number of benzene rings is 1. The molecule has 1 aliphatic heterocycles. The van der Waals surface area contributed by atoms with Gasteiger partial charge in [0.1, 0.15) is 0 Å². The van der Waals surface area contributed by atoms with Gasteiger partial charge in [-0.2, -0.15) is 9.40 Å². The fourth-order valence-electron chi connectivity index (χ4n) is 3.06. The van der Waals surface area contributed by atoms with Crippen LogP contribution >= 0.6 is 11.8 Å². The van der Waals surface area contributed by atoms with Crippen LogP contribution in [0.1, 0.15) is 35.2 Å². The number of hydrogen-bond acceptors (Lipinski definition) is 5. The Bertz CT molecular complexity index is 901. The summed E-state index contributed by atoms with van der Waals surface area (Å²) in [4.78, 5) is 13.8. The second-order valence-electron chi connectivity index (χ2n) is 6.52. The zero-order valence-electron chi connectivity index (χ0n) is 15.5. The van der Waals surface area contributed by atoms with E-state index in [2.05, 4.69) is 10.4 Å². The van der Waals surface area contributed by atoms with Crippen molar-refractivity contribution in [2.75, 3.05) is 19.3 Å². The Kier molecular flexibility index (Phi) is 6.23. The molecule has 1 aromatic carbocycles. The number of carbonyl (C=O) groups is 1. The molecule has 2 aromatic rings. The molecule has 1 aromatic heterocycles. The molecular formula is C18H24N4O3S2. The summed E-state index contributed by atoms with van der Waals surface area (Å²) in [5.74, 6) is -0.437. The van der Waals surface area contributed by atoms with Crippen LogP contribution in [0.25, 0.3) is 0 Å². The van der Waals surface area contributed by atoms with Gasteiger partial charge in [-0.3, -0.25) is 9.48 Å². The lowest BCUT2D eigenvalue weighted by molar-refractivity contribution is 0.0947. The molecular weight excluding hydrogens is 384 g/mol. The fourth-order valence-corrected chi connectivity index (χ4v) is 5.11. The van der Waals surface area contributed by atoms with Gasteiger partial charge in [-0.15, -0.1) is 11.8 Å². The van der Waals surface area contributed by atoms with Crippen LogP contribution in [0.3, 0.4) is 0 Å². The molecule has 1 N–H and O–H groups in total. The number of nitrogens with zero attached hydrogens (tertiary/aromatic N) is 3. The van der Waals surface area contributed by atoms with Crippen LogP contribution in [0.4, 0.5) is 0 Å². The van der Waals surface area contributed by atoms with E-state index < -0.39 is 15.9 Å². The number of carbonyl (C=O) groups excluding carboxylic acids is 1. The summed E-state index contributed by atoms with van der Waals surface area (Å²) in [5, 5.41) is 6.71. The van der Waals surface area contributed by atoms with Crippen molar-refractivity contribution in [3.8, 4) is 0 Å². The summed E-state index contributed by atoms with van der Waals surface area (Å²) < 4.78 is 28.7. The van der Waals surface area contributed by atoms with Crippen LogP contribution in [0.5, 0.6) is 0 Å². The van der Waals surface area contributed by atoms with Crippen LogP contribution in [0.15, 0.2) is 40.4 Å². The molecule has 0 aliphatic carbocycles. The minimum atomic E-state index is -3.77. The number of aromatic nitrogens is 2. The van der Waals surface area contributed by atoms with Gasteiger partial charge in [-0.25, -0.2) is 8.42 Å². The molecule has 0 radical (unpaired) electrons. The molecule has 7 nitrogen and oxygen atoms in total. The largest absolute Gasteiger partial charge is 0.348 e. The van der Waals surface area contributed by atoms with E-state index in [1.807, 2.05) is 30.5 Å². The number of rotatable bonds is 6. The topological polar surface area (TPSA) is 84.3 Å². The van der Waals surface area contributed by atoms with E-state index in [1.54, 1.807) is 18.8 Å². The van der Waals surface area contributed by atoms with E-state index in [0.717, 1.165) is 29.7 Å². The van der Waals surface area contributed by atoms with Gasteiger partial charge in [0.15, 0.2) is 0 Å². The van der Waals surface area contributed by atoms with Crippen molar-refractivity contribution in [2.45, 2.75) is 35.7 Å². The predicted octanol–water partition coefficient (Wildman–Crippen LogP) is 2.25. The minimum absolute atomic E-state index is 0.0869. The highest BCUT2D eigenvalue weighted by molar-refractivity contribution is 7.98. The van der Waals surface area contributed by atoms with Crippen molar-refractivity contribution in [2.24, 2.45) is 7.05 Å². The first-order chi connectivity index (χ1) is 12.9. The van der Waals surface area contributed by atoms with Crippen molar-refractivity contribution in [3.63, 3.8) is 0 Å². The molecule has 27 heavy (non-hydrogen) atoms. The molecule has 9 heteroatoms. The maximum atomic E-state index is 12.9. The van der Waals surface area contributed by atoms with E-state index >= 15 is 0 Å². The van der Waals surface area contributed by atoms with Crippen LogP contribution in [0.2, 0.25) is 0 Å². The van der Waals surface area contributed by atoms with Crippen LogP contribution < -0.4 is 5.32 Å². The summed E-state index contributed by atoms with van der Waals surface area (Å²) in [6.07, 6.45) is 6.16. The Labute approximate surface area is 164 Å². The minimum Gasteiger partial charge on any atom is -0.348 e. The average Bonchev–Trinajstić information content (AvgIpc) is 3.10. The Morgan fingerprint density at radius 3 is 2.48 bits per heavy atom. The lowest BCUT2D eigenvalue weighted by Gasteiger charge is -2.25. The van der Waals surface area contributed by atoms with Crippen molar-refractivity contribution in [3.05, 3.63) is 41.6 Å². The van der Waals surface area contributed by atoms with Crippen molar-refractivity contribution >= 4 is 27.7 Å². The third kappa shape index (κ3) is 4.53. The predicted molar refractivity (Wildman–Crippen MR) is 105 cm³/mol. The Morgan fingerprint density at radius 1 is 1.19 bits per heavy atom. The zero-order valence-corrected chi connectivity index (χ0v) is 17.1. The van der Waals surface area contributed by atoms with E-state index in [-0.39, 0.29) is 10.6 Å². The second-order valence-corrected chi connectivity index (χ2v) is 9.25. The molecule has 0 spiro atoms. The van der Waals surface area contributed by atoms with E-state index in [1.165, 1.54) is 15.2 Å². The normalized spacial score (nSPS) is 15.6. The molecule has 0 saturated carbocycles. The van der Waals surface area contributed by atoms with E-state index in [0.29, 0.717) is 19.6 Å². The molecule has 0 unspecified atom stereocenters. The lowest BCUT2D eigenvalue weighted by Crippen LogP contribution is -2.37. The second kappa shape index (κ2) is 8.45. The molecule has 1 aliphatic rings. The first-order valence-electron chi connectivity index (χ1n) is 8.87. The van der Waals surface area contributed by atoms with Crippen molar-refractivity contribution in [1.82, 2.24) is 19.4 Å². The fraction of sp³-hybridized carbons (Fsp3) is 0.444. The summed E-state index contributed by atoms with van der Waals surface area (Å²) in [6.45, 7) is 1.27. The van der Waals surface area contributed by atoms with Crippen LogP contribution in [0, 0.1) is 0 Å². The van der Waals surface area contributed by atoms with E-state index in [4.69, 9.17) is 0 Å². The summed E-state index contributed by atoms with van der Waals surface area (Å²) in [7, 11) is -2.15. The number of thioether (sulfide) groups is 1. The number of piperidine rings is 1. The maximum absolute atomic E-state index is 12.9. The quantitative estimate of drug-likeness (QED) is 0.741. The van der Waals surface area contributed by atoms with Gasteiger partial charge >= 0.3 is 0 Å². The third-order valence-electron chi connectivity index (χ3n) is 4.55. The number of aryl methyl sites for hydroxylation is 1. The molecule has 1 amide bonds. The lowest BCUT2D eigenvalue weighted by atomic mass is 10.2. The Balaban J connectivity index is 1.76. The van der Waals surface area contributed by atoms with E-state index in [9.17, 15) is 13.2 Å². The zero-order chi connectivity index (χ0) is 19.4. The number of nitrogens with one attached hydrogen (secondary N) is 1. The van der Waals surface area contributed by atoms with Gasteiger partial charge in [0, 0.05) is 37.8 Å². The van der Waals surface area contributed by atoms with Gasteiger partial charge in [0.05, 0.1) is 5.56 Å². The van der Waals surface area contributed by atoms with Gasteiger partial charge in [-0.05, 0) is 36.8 Å². The summed E-state index contributed by atoms with van der Waals surface area (Å²) >= 11 is 1.65. The first-order valence-corrected chi connectivity index (χ1v) is 11.5. The molecule has 1 saturated heterocycles. The SMILES string of the molecule is CSc1ccc(CNC(=O)c2cn(C)nc2S(=O)(=O)N2CCCCC2)cc1. The van der Waals surface area contributed by atoms with Gasteiger partial charge < -0.3 is 5.32 Å². The number of sulfonamides is 1. The third-order valence-corrected chi connectivity index (χ3v) is 7.13. The summed E-state index contributed by atoms with van der Waals surface area (Å²) in [5.41, 5.74) is 1.04. The smallest absolute Gasteiger partial charge is 0.263 e. The summed E-state index contributed by atoms with van der Waals surface area (Å²) in [6, 6.07) is 7.87. The number of amides is 1. The molecule has 146 valence electrons. The molecule has 0 bridgehead atoms. The van der Waals surface area contributed by atoms with Crippen molar-refractivity contribution in [1.29, 1.82) is 0 Å². The first kappa shape index (κ1) is 19.9. The standard InChI is InChI=1S/C18H24N4O3S2/c1-21-13-16(17(23)19-12-14-6-8-15(26-2)9-7-14)18(20-21)27(24,25)22-10-4-3-5-11-22/h6-9,13H,3-5,10-12H2,1-2H3,(H,19,23). The highest BCUT2D eigenvalue weighted by Gasteiger charge is 2.33. The van der Waals surface area contributed by atoms with Gasteiger partial charge in [0.2, 0.25) is 5.03 Å². The molecule has 1 fully saturated rings. The van der Waals surface area contributed by atoms with Gasteiger partial charge in [0.25, 0.3) is 15.9 Å². The van der Waals surface area contributed by atoms with Crippen molar-refractivity contribution < 1.29 is 13.2 Å². The average molecular weight is 409 g/mol. The molecule has 2 heterocycles. The number of hydrogen-bond donors (Lipinski definition) is 1. The highest BCUT2D eigenvalue weighted by atomic mass is 32.2. The van der Waals surface area contributed by atoms with Crippen LogP contribution in [-0.2, 0) is 23.6 Å². The maximum Gasteiger partial charge on any atom is 0.263 e. The molecule has 3 rings (SSSR count). The monoisotopic (exact) mass is 408 g/mol.